The Morgan fingerprint density at radius 1 is 1.14 bits per heavy atom. The fourth-order valence-corrected chi connectivity index (χ4v) is 4.76. The average molecular weight is 399 g/mol. The van der Waals surface area contributed by atoms with Gasteiger partial charge in [0.2, 0.25) is 11.8 Å². The molecule has 0 unspecified atom stereocenters. The summed E-state index contributed by atoms with van der Waals surface area (Å²) in [5, 5.41) is 2.63. The Balaban J connectivity index is 1.34. The van der Waals surface area contributed by atoms with E-state index >= 15 is 0 Å². The molecule has 2 aliphatic heterocycles. The summed E-state index contributed by atoms with van der Waals surface area (Å²) in [5.74, 6) is 0.250. The molecule has 0 aliphatic carbocycles. The zero-order chi connectivity index (χ0) is 19.7. The van der Waals surface area contributed by atoms with Crippen molar-refractivity contribution in [3.8, 4) is 0 Å². The summed E-state index contributed by atoms with van der Waals surface area (Å²) < 4.78 is 0. The van der Waals surface area contributed by atoms with E-state index in [-0.39, 0.29) is 11.8 Å². The van der Waals surface area contributed by atoms with Crippen LogP contribution in [-0.2, 0) is 16.0 Å². The van der Waals surface area contributed by atoms with E-state index in [9.17, 15) is 9.59 Å². The fourth-order valence-electron chi connectivity index (χ4n) is 3.89. The molecule has 3 heterocycles. The van der Waals surface area contributed by atoms with Gasteiger partial charge in [0.05, 0.1) is 12.1 Å². The van der Waals surface area contributed by atoms with Gasteiger partial charge in [0.15, 0.2) is 5.13 Å². The molecular formula is C21H26N4O2S. The quantitative estimate of drug-likeness (QED) is 0.795. The molecule has 2 aromatic rings. The van der Waals surface area contributed by atoms with E-state index in [1.165, 1.54) is 28.2 Å². The van der Waals surface area contributed by atoms with Crippen molar-refractivity contribution in [2.24, 2.45) is 0 Å². The predicted molar refractivity (Wildman–Crippen MR) is 112 cm³/mol. The first-order chi connectivity index (χ1) is 13.5. The van der Waals surface area contributed by atoms with Crippen LogP contribution in [-0.4, -0.2) is 54.4 Å². The number of carbonyl (C=O) groups excluding carboxylic acids is 2. The molecule has 28 heavy (non-hydrogen) atoms. The molecule has 0 bridgehead atoms. The minimum atomic E-state index is 0.116. The number of thiazole rings is 1. The highest BCUT2D eigenvalue weighted by atomic mass is 32.1. The van der Waals surface area contributed by atoms with E-state index in [4.69, 9.17) is 0 Å². The summed E-state index contributed by atoms with van der Waals surface area (Å²) in [6.45, 7) is 8.19. The van der Waals surface area contributed by atoms with Crippen LogP contribution in [0.3, 0.4) is 0 Å². The van der Waals surface area contributed by atoms with Gasteiger partial charge in [0, 0.05) is 50.2 Å². The van der Waals surface area contributed by atoms with Gasteiger partial charge < -0.3 is 9.80 Å². The molecule has 2 aliphatic rings. The smallest absolute Gasteiger partial charge is 0.228 e. The van der Waals surface area contributed by atoms with Crippen LogP contribution >= 0.6 is 11.3 Å². The van der Waals surface area contributed by atoms with Crippen LogP contribution in [0.25, 0.3) is 0 Å². The molecule has 2 fully saturated rings. The van der Waals surface area contributed by atoms with E-state index in [0.717, 1.165) is 50.0 Å². The highest BCUT2D eigenvalue weighted by molar-refractivity contribution is 7.14. The third kappa shape index (κ3) is 3.76. The highest BCUT2D eigenvalue weighted by Crippen LogP contribution is 2.26. The molecule has 0 saturated carbocycles. The van der Waals surface area contributed by atoms with Gasteiger partial charge >= 0.3 is 0 Å². The Bertz CT molecular complexity index is 886. The number of amides is 2. The predicted octanol–water partition coefficient (Wildman–Crippen LogP) is 2.78. The Morgan fingerprint density at radius 3 is 2.64 bits per heavy atom. The summed E-state index contributed by atoms with van der Waals surface area (Å²) >= 11 is 1.45. The SMILES string of the molecule is Cc1cccc(N2CCN(C(=O)Cc3csc(N4CCCC4=O)n3)CC2)c1C. The van der Waals surface area contributed by atoms with Gasteiger partial charge in [-0.3, -0.25) is 14.5 Å². The summed E-state index contributed by atoms with van der Waals surface area (Å²) in [4.78, 5) is 35.1. The highest BCUT2D eigenvalue weighted by Gasteiger charge is 2.26. The van der Waals surface area contributed by atoms with Gasteiger partial charge in [-0.2, -0.15) is 0 Å². The topological polar surface area (TPSA) is 56.8 Å². The monoisotopic (exact) mass is 398 g/mol. The summed E-state index contributed by atoms with van der Waals surface area (Å²) in [7, 11) is 0. The first-order valence-corrected chi connectivity index (χ1v) is 10.7. The lowest BCUT2D eigenvalue weighted by Gasteiger charge is -2.37. The Kier molecular flexibility index (Phi) is 5.35. The zero-order valence-corrected chi connectivity index (χ0v) is 17.3. The van der Waals surface area contributed by atoms with E-state index in [1.807, 2.05) is 10.3 Å². The third-order valence-electron chi connectivity index (χ3n) is 5.73. The van der Waals surface area contributed by atoms with Crippen molar-refractivity contribution in [2.75, 3.05) is 42.5 Å². The standard InChI is InChI=1S/C21H26N4O2S/c1-15-5-3-6-18(16(15)2)23-9-11-24(12-10-23)20(27)13-17-14-28-21(22-17)25-8-4-7-19(25)26/h3,5-6,14H,4,7-13H2,1-2H3. The van der Waals surface area contributed by atoms with Crippen molar-refractivity contribution < 1.29 is 9.59 Å². The van der Waals surface area contributed by atoms with Crippen LogP contribution in [0.4, 0.5) is 10.8 Å². The van der Waals surface area contributed by atoms with Crippen LogP contribution in [0, 0.1) is 13.8 Å². The van der Waals surface area contributed by atoms with Crippen molar-refractivity contribution in [1.82, 2.24) is 9.88 Å². The van der Waals surface area contributed by atoms with Crippen molar-refractivity contribution in [3.05, 3.63) is 40.4 Å². The Labute approximate surface area is 169 Å². The first-order valence-electron chi connectivity index (χ1n) is 9.86. The van der Waals surface area contributed by atoms with Crippen LogP contribution in [0.5, 0.6) is 0 Å². The lowest BCUT2D eigenvalue weighted by atomic mass is 10.1. The molecule has 0 radical (unpaired) electrons. The number of rotatable bonds is 4. The lowest BCUT2D eigenvalue weighted by molar-refractivity contribution is -0.130. The maximum Gasteiger partial charge on any atom is 0.228 e. The van der Waals surface area contributed by atoms with Crippen molar-refractivity contribution >= 4 is 34.0 Å². The number of benzene rings is 1. The number of piperazine rings is 1. The molecule has 0 spiro atoms. The van der Waals surface area contributed by atoms with E-state index in [1.54, 1.807) is 4.90 Å². The molecule has 1 aromatic carbocycles. The number of hydrogen-bond acceptors (Lipinski definition) is 5. The normalized spacial score (nSPS) is 17.5. The summed E-state index contributed by atoms with van der Waals surface area (Å²) in [6.07, 6.45) is 1.79. The second kappa shape index (κ2) is 7.91. The van der Waals surface area contributed by atoms with Crippen molar-refractivity contribution in [3.63, 3.8) is 0 Å². The van der Waals surface area contributed by atoms with Gasteiger partial charge in [-0.25, -0.2) is 4.98 Å². The van der Waals surface area contributed by atoms with E-state index in [0.29, 0.717) is 12.8 Å². The van der Waals surface area contributed by atoms with E-state index in [2.05, 4.69) is 41.9 Å². The largest absolute Gasteiger partial charge is 0.368 e. The molecule has 2 amide bonds. The number of aromatic nitrogens is 1. The summed E-state index contributed by atoms with van der Waals surface area (Å²) in [5.41, 5.74) is 4.65. The maximum atomic E-state index is 12.7. The van der Waals surface area contributed by atoms with E-state index < -0.39 is 0 Å². The minimum absolute atomic E-state index is 0.116. The van der Waals surface area contributed by atoms with Crippen LogP contribution in [0.2, 0.25) is 0 Å². The van der Waals surface area contributed by atoms with Crippen LogP contribution < -0.4 is 9.80 Å². The van der Waals surface area contributed by atoms with Gasteiger partial charge in [-0.05, 0) is 37.5 Å². The number of hydrogen-bond donors (Lipinski definition) is 0. The number of nitrogens with zero attached hydrogens (tertiary/aromatic N) is 4. The molecule has 1 aromatic heterocycles. The molecular weight excluding hydrogens is 372 g/mol. The third-order valence-corrected chi connectivity index (χ3v) is 6.64. The van der Waals surface area contributed by atoms with Crippen LogP contribution in [0.15, 0.2) is 23.6 Å². The van der Waals surface area contributed by atoms with Gasteiger partial charge in [-0.15, -0.1) is 11.3 Å². The second-order valence-electron chi connectivity index (χ2n) is 7.53. The molecule has 0 N–H and O–H groups in total. The lowest BCUT2D eigenvalue weighted by Crippen LogP contribution is -2.49. The molecule has 6 nitrogen and oxygen atoms in total. The molecule has 7 heteroatoms. The zero-order valence-electron chi connectivity index (χ0n) is 16.5. The molecule has 4 rings (SSSR count). The molecule has 148 valence electrons. The van der Waals surface area contributed by atoms with Crippen molar-refractivity contribution in [1.29, 1.82) is 0 Å². The second-order valence-corrected chi connectivity index (χ2v) is 8.37. The van der Waals surface area contributed by atoms with Crippen LogP contribution in [0.1, 0.15) is 29.7 Å². The summed E-state index contributed by atoms with van der Waals surface area (Å²) in [6, 6.07) is 6.40. The van der Waals surface area contributed by atoms with Crippen molar-refractivity contribution in [2.45, 2.75) is 33.1 Å². The number of carbonyl (C=O) groups is 2. The Hall–Kier alpha value is -2.41. The molecule has 2 saturated heterocycles. The van der Waals surface area contributed by atoms with Gasteiger partial charge in [-0.1, -0.05) is 12.1 Å². The fraction of sp³-hybridized carbons (Fsp3) is 0.476. The number of aryl methyl sites for hydroxylation is 1. The first kappa shape index (κ1) is 18.9. The van der Waals surface area contributed by atoms with Gasteiger partial charge in [0.1, 0.15) is 0 Å². The average Bonchev–Trinajstić information content (AvgIpc) is 3.32. The minimum Gasteiger partial charge on any atom is -0.368 e. The molecule has 0 atom stereocenters. The van der Waals surface area contributed by atoms with Gasteiger partial charge in [0.25, 0.3) is 0 Å². The maximum absolute atomic E-state index is 12.7. The number of anilines is 2. The Morgan fingerprint density at radius 2 is 1.93 bits per heavy atom.